The summed E-state index contributed by atoms with van der Waals surface area (Å²) in [7, 11) is 0. The lowest BCUT2D eigenvalue weighted by Crippen LogP contribution is -1.97. The molecule has 2 heterocycles. The van der Waals surface area contributed by atoms with E-state index in [4.69, 9.17) is 0 Å². The number of benzene rings is 4. The molecule has 0 fully saturated rings. The summed E-state index contributed by atoms with van der Waals surface area (Å²) in [5.41, 5.74) is 8.05. The molecule has 5 aromatic rings. The van der Waals surface area contributed by atoms with Crippen molar-refractivity contribution in [2.45, 2.75) is 6.42 Å². The lowest BCUT2D eigenvalue weighted by Gasteiger charge is -2.07. The zero-order chi connectivity index (χ0) is 21.3. The van der Waals surface area contributed by atoms with Crippen LogP contribution in [-0.2, 0) is 0 Å². The van der Waals surface area contributed by atoms with Gasteiger partial charge in [0.15, 0.2) is 0 Å². The molecule has 32 heavy (non-hydrogen) atoms. The van der Waals surface area contributed by atoms with Gasteiger partial charge < -0.3 is 4.98 Å². The fourth-order valence-electron chi connectivity index (χ4n) is 4.24. The molecule has 0 atom stereocenters. The summed E-state index contributed by atoms with van der Waals surface area (Å²) >= 11 is 0. The van der Waals surface area contributed by atoms with Crippen LogP contribution in [0.1, 0.15) is 17.5 Å². The van der Waals surface area contributed by atoms with Gasteiger partial charge in [0.2, 0.25) is 0 Å². The first-order chi connectivity index (χ1) is 15.8. The molecule has 0 spiro atoms. The molecule has 4 aromatic carbocycles. The van der Waals surface area contributed by atoms with E-state index in [1.807, 2.05) is 36.7 Å². The van der Waals surface area contributed by atoms with E-state index in [-0.39, 0.29) is 0 Å². The molecule has 0 aliphatic carbocycles. The third-order valence-electron chi connectivity index (χ3n) is 5.99. The van der Waals surface area contributed by atoms with Crippen LogP contribution in [0.2, 0.25) is 0 Å². The van der Waals surface area contributed by atoms with Crippen LogP contribution in [0.25, 0.3) is 39.0 Å². The second kappa shape index (κ2) is 7.78. The maximum absolute atomic E-state index is 4.67. The predicted molar refractivity (Wildman–Crippen MR) is 133 cm³/mol. The molecule has 0 saturated heterocycles. The molecule has 6 rings (SSSR count). The average molecular weight is 412 g/mol. The van der Waals surface area contributed by atoms with E-state index in [9.17, 15) is 0 Å². The first-order valence-electron chi connectivity index (χ1n) is 10.8. The Bertz CT molecular complexity index is 1480. The number of hydrogen-bond donors (Lipinski definition) is 1. The number of aliphatic imine (C=N–C) groups is 1. The zero-order valence-corrected chi connectivity index (χ0v) is 17.5. The average Bonchev–Trinajstić information content (AvgIpc) is 3.55. The van der Waals surface area contributed by atoms with Crippen LogP contribution < -0.4 is 0 Å². The van der Waals surface area contributed by atoms with E-state index in [1.54, 1.807) is 0 Å². The summed E-state index contributed by atoms with van der Waals surface area (Å²) in [6.45, 7) is 0. The minimum Gasteiger partial charge on any atom is -0.338 e. The van der Waals surface area contributed by atoms with Gasteiger partial charge in [-0.05, 0) is 45.2 Å². The molecule has 0 unspecified atom stereocenters. The molecule has 1 aliphatic rings. The highest BCUT2D eigenvalue weighted by atomic mass is 14.9. The Hall–Kier alpha value is -4.24. The van der Waals surface area contributed by atoms with E-state index in [0.29, 0.717) is 0 Å². The van der Waals surface area contributed by atoms with Crippen molar-refractivity contribution in [3.63, 3.8) is 0 Å². The number of allylic oxidation sites excluding steroid dienone is 1. The molecule has 3 nitrogen and oxygen atoms in total. The molecule has 0 amide bonds. The molecule has 0 saturated carbocycles. The molecule has 3 heteroatoms. The number of nitrogens with one attached hydrogen (secondary N) is 1. The molecule has 1 aliphatic heterocycles. The molecule has 1 N–H and O–H groups in total. The van der Waals surface area contributed by atoms with Gasteiger partial charge in [-0.2, -0.15) is 0 Å². The van der Waals surface area contributed by atoms with Crippen LogP contribution in [0.3, 0.4) is 0 Å². The van der Waals surface area contributed by atoms with Gasteiger partial charge in [-0.1, -0.05) is 84.9 Å². The van der Waals surface area contributed by atoms with E-state index in [1.165, 1.54) is 27.5 Å². The summed E-state index contributed by atoms with van der Waals surface area (Å²) in [6.07, 6.45) is 4.77. The van der Waals surface area contributed by atoms with Crippen LogP contribution in [-0.4, -0.2) is 15.7 Å². The Morgan fingerprint density at radius 1 is 0.625 bits per heavy atom. The number of rotatable bonds is 4. The molecule has 0 bridgehead atoms. The van der Waals surface area contributed by atoms with E-state index in [0.717, 1.165) is 34.8 Å². The lowest BCUT2D eigenvalue weighted by molar-refractivity contribution is 1.31. The summed E-state index contributed by atoms with van der Waals surface area (Å²) < 4.78 is 0. The minimum atomic E-state index is 0.863. The molecular weight excluding hydrogens is 390 g/mol. The number of hydrogen-bond acceptors (Lipinski definition) is 2. The standard InChI is InChI=1S/C29H21N3/c1-3-7-20(8-4-1)27-17-26(18-30-27)24-12-11-23-16-25(14-13-22(23)15-24)29-31-19-28(32-29)21-9-5-2-6-10-21/h1-16,18-19H,17H2,(H,31,32). The maximum atomic E-state index is 4.67. The van der Waals surface area contributed by atoms with E-state index >= 15 is 0 Å². The number of fused-ring (bicyclic) bond motifs is 1. The predicted octanol–water partition coefficient (Wildman–Crippen LogP) is 7.13. The van der Waals surface area contributed by atoms with Gasteiger partial charge in [0.25, 0.3) is 0 Å². The van der Waals surface area contributed by atoms with Crippen molar-refractivity contribution < 1.29 is 0 Å². The fraction of sp³-hybridized carbons (Fsp3) is 0.0345. The van der Waals surface area contributed by atoms with Gasteiger partial charge in [0.05, 0.1) is 17.6 Å². The van der Waals surface area contributed by atoms with Crippen molar-refractivity contribution in [1.29, 1.82) is 0 Å². The highest BCUT2D eigenvalue weighted by molar-refractivity contribution is 6.09. The van der Waals surface area contributed by atoms with Crippen molar-refractivity contribution in [1.82, 2.24) is 9.97 Å². The van der Waals surface area contributed by atoms with Crippen LogP contribution in [0.15, 0.2) is 114 Å². The Labute approximate surface area is 186 Å². The normalized spacial score (nSPS) is 13.2. The number of aromatic amines is 1. The third kappa shape index (κ3) is 3.44. The Morgan fingerprint density at radius 3 is 2.03 bits per heavy atom. The van der Waals surface area contributed by atoms with Crippen LogP contribution in [0.4, 0.5) is 0 Å². The van der Waals surface area contributed by atoms with E-state index < -0.39 is 0 Å². The van der Waals surface area contributed by atoms with Gasteiger partial charge in [-0.25, -0.2) is 4.98 Å². The Morgan fingerprint density at radius 2 is 1.28 bits per heavy atom. The van der Waals surface area contributed by atoms with Crippen LogP contribution in [0.5, 0.6) is 0 Å². The second-order valence-corrected chi connectivity index (χ2v) is 8.06. The first kappa shape index (κ1) is 18.5. The molecule has 0 radical (unpaired) electrons. The number of H-pyrrole nitrogens is 1. The van der Waals surface area contributed by atoms with Crippen molar-refractivity contribution in [3.8, 4) is 22.6 Å². The van der Waals surface area contributed by atoms with Crippen molar-refractivity contribution in [3.05, 3.63) is 121 Å². The largest absolute Gasteiger partial charge is 0.338 e. The summed E-state index contributed by atoms with van der Waals surface area (Å²) in [6, 6.07) is 33.8. The highest BCUT2D eigenvalue weighted by Gasteiger charge is 2.14. The SMILES string of the molecule is C1=C(c2ccc3cc(-c4ncc(-c5ccccc5)[nH]4)ccc3c2)CC(c2ccccc2)=N1. The van der Waals surface area contributed by atoms with Crippen molar-refractivity contribution in [2.75, 3.05) is 0 Å². The Balaban J connectivity index is 1.25. The van der Waals surface area contributed by atoms with Crippen LogP contribution >= 0.6 is 0 Å². The number of imidazole rings is 1. The van der Waals surface area contributed by atoms with Gasteiger partial charge in [0.1, 0.15) is 5.82 Å². The highest BCUT2D eigenvalue weighted by Crippen LogP contribution is 2.30. The lowest BCUT2D eigenvalue weighted by atomic mass is 9.96. The monoisotopic (exact) mass is 411 g/mol. The van der Waals surface area contributed by atoms with E-state index in [2.05, 4.69) is 87.8 Å². The quantitative estimate of drug-likeness (QED) is 0.336. The number of aromatic nitrogens is 2. The smallest absolute Gasteiger partial charge is 0.137 e. The molecule has 1 aromatic heterocycles. The summed E-state index contributed by atoms with van der Waals surface area (Å²) in [5, 5.41) is 2.42. The number of nitrogens with zero attached hydrogens (tertiary/aromatic N) is 2. The molecule has 152 valence electrons. The van der Waals surface area contributed by atoms with Gasteiger partial charge in [-0.3, -0.25) is 4.99 Å². The fourth-order valence-corrected chi connectivity index (χ4v) is 4.24. The first-order valence-corrected chi connectivity index (χ1v) is 10.8. The second-order valence-electron chi connectivity index (χ2n) is 8.06. The topological polar surface area (TPSA) is 41.0 Å². The maximum Gasteiger partial charge on any atom is 0.137 e. The summed E-state index contributed by atoms with van der Waals surface area (Å²) in [4.78, 5) is 12.7. The van der Waals surface area contributed by atoms with Gasteiger partial charge in [0, 0.05) is 18.2 Å². The zero-order valence-electron chi connectivity index (χ0n) is 17.5. The third-order valence-corrected chi connectivity index (χ3v) is 5.99. The van der Waals surface area contributed by atoms with Crippen LogP contribution in [0, 0.1) is 0 Å². The van der Waals surface area contributed by atoms with Crippen molar-refractivity contribution >= 4 is 22.1 Å². The Kier molecular flexibility index (Phi) is 4.51. The molecular formula is C29H21N3. The summed E-state index contributed by atoms with van der Waals surface area (Å²) in [5.74, 6) is 0.884. The van der Waals surface area contributed by atoms with Gasteiger partial charge in [-0.15, -0.1) is 0 Å². The minimum absolute atomic E-state index is 0.863. The van der Waals surface area contributed by atoms with Crippen molar-refractivity contribution in [2.24, 2.45) is 4.99 Å². The van der Waals surface area contributed by atoms with Gasteiger partial charge >= 0.3 is 0 Å².